The van der Waals surface area contributed by atoms with Crippen LogP contribution in [0.3, 0.4) is 0 Å². The van der Waals surface area contributed by atoms with Crippen molar-refractivity contribution in [2.45, 2.75) is 57.5 Å². The SMILES string of the molecule is CCCNCC1(OCCCOC)CCCCC1. The summed E-state index contributed by atoms with van der Waals surface area (Å²) in [6.45, 7) is 5.97. The van der Waals surface area contributed by atoms with Crippen LogP contribution in [0.1, 0.15) is 51.9 Å². The molecule has 1 rings (SSSR count). The Balaban J connectivity index is 2.29. The zero-order valence-electron chi connectivity index (χ0n) is 11.6. The number of methoxy groups -OCH3 is 1. The topological polar surface area (TPSA) is 30.5 Å². The van der Waals surface area contributed by atoms with E-state index in [0.29, 0.717) is 0 Å². The molecule has 3 nitrogen and oxygen atoms in total. The van der Waals surface area contributed by atoms with Crippen LogP contribution in [0.2, 0.25) is 0 Å². The Morgan fingerprint density at radius 3 is 2.53 bits per heavy atom. The van der Waals surface area contributed by atoms with E-state index in [4.69, 9.17) is 9.47 Å². The number of nitrogens with one attached hydrogen (secondary N) is 1. The zero-order chi connectivity index (χ0) is 12.4. The maximum Gasteiger partial charge on any atom is 0.0806 e. The molecule has 0 aromatic heterocycles. The summed E-state index contributed by atoms with van der Waals surface area (Å²) < 4.78 is 11.2. The Bertz CT molecular complexity index is 179. The fraction of sp³-hybridized carbons (Fsp3) is 1.00. The van der Waals surface area contributed by atoms with Crippen molar-refractivity contribution < 1.29 is 9.47 Å². The third-order valence-electron chi connectivity index (χ3n) is 3.54. The van der Waals surface area contributed by atoms with Crippen LogP contribution >= 0.6 is 0 Å². The molecule has 1 N–H and O–H groups in total. The van der Waals surface area contributed by atoms with Crippen molar-refractivity contribution in [2.24, 2.45) is 0 Å². The van der Waals surface area contributed by atoms with Crippen molar-refractivity contribution in [1.29, 1.82) is 0 Å². The molecule has 0 radical (unpaired) electrons. The van der Waals surface area contributed by atoms with E-state index in [1.807, 2.05) is 0 Å². The molecule has 0 aromatic rings. The number of rotatable bonds is 9. The Hall–Kier alpha value is -0.120. The first-order valence-corrected chi connectivity index (χ1v) is 7.16. The second-order valence-electron chi connectivity index (χ2n) is 5.12. The van der Waals surface area contributed by atoms with Gasteiger partial charge in [-0.3, -0.25) is 0 Å². The highest BCUT2D eigenvalue weighted by Gasteiger charge is 2.32. The van der Waals surface area contributed by atoms with Crippen molar-refractivity contribution >= 4 is 0 Å². The second-order valence-corrected chi connectivity index (χ2v) is 5.12. The number of hydrogen-bond donors (Lipinski definition) is 1. The summed E-state index contributed by atoms with van der Waals surface area (Å²) in [4.78, 5) is 0. The van der Waals surface area contributed by atoms with Crippen LogP contribution in [0.4, 0.5) is 0 Å². The van der Waals surface area contributed by atoms with Crippen LogP contribution in [-0.4, -0.2) is 39.0 Å². The molecule has 0 aliphatic heterocycles. The molecule has 102 valence electrons. The van der Waals surface area contributed by atoms with Gasteiger partial charge in [-0.15, -0.1) is 0 Å². The fourth-order valence-electron chi connectivity index (χ4n) is 2.55. The fourth-order valence-corrected chi connectivity index (χ4v) is 2.55. The Labute approximate surface area is 106 Å². The summed E-state index contributed by atoms with van der Waals surface area (Å²) in [5, 5.41) is 3.53. The quantitative estimate of drug-likeness (QED) is 0.632. The van der Waals surface area contributed by atoms with Gasteiger partial charge in [0.05, 0.1) is 5.60 Å². The lowest BCUT2D eigenvalue weighted by Crippen LogP contribution is -2.45. The summed E-state index contributed by atoms with van der Waals surface area (Å²) in [6, 6.07) is 0. The Morgan fingerprint density at radius 2 is 1.88 bits per heavy atom. The summed E-state index contributed by atoms with van der Waals surface area (Å²) in [5.74, 6) is 0. The van der Waals surface area contributed by atoms with E-state index in [2.05, 4.69) is 12.2 Å². The van der Waals surface area contributed by atoms with Gasteiger partial charge < -0.3 is 14.8 Å². The normalized spacial score (nSPS) is 19.4. The minimum atomic E-state index is 0.112. The molecule has 0 atom stereocenters. The van der Waals surface area contributed by atoms with Gasteiger partial charge in [0, 0.05) is 26.9 Å². The zero-order valence-corrected chi connectivity index (χ0v) is 11.6. The maximum absolute atomic E-state index is 6.18. The maximum atomic E-state index is 6.18. The predicted octanol–water partition coefficient (Wildman–Crippen LogP) is 2.74. The summed E-state index contributed by atoms with van der Waals surface area (Å²) in [6.07, 6.45) is 8.65. The van der Waals surface area contributed by atoms with Crippen molar-refractivity contribution in [1.82, 2.24) is 5.32 Å². The highest BCUT2D eigenvalue weighted by Crippen LogP contribution is 2.31. The molecule has 3 heteroatoms. The van der Waals surface area contributed by atoms with E-state index in [0.717, 1.165) is 32.7 Å². The average Bonchev–Trinajstić information content (AvgIpc) is 2.36. The van der Waals surface area contributed by atoms with Gasteiger partial charge in [-0.1, -0.05) is 26.2 Å². The van der Waals surface area contributed by atoms with E-state index in [1.165, 1.54) is 38.5 Å². The Kier molecular flexibility index (Phi) is 7.82. The molecule has 1 aliphatic carbocycles. The van der Waals surface area contributed by atoms with Crippen LogP contribution in [-0.2, 0) is 9.47 Å². The summed E-state index contributed by atoms with van der Waals surface area (Å²) in [5.41, 5.74) is 0.112. The molecule has 0 heterocycles. The minimum absolute atomic E-state index is 0.112. The molecule has 1 fully saturated rings. The molecule has 0 aromatic carbocycles. The molecule has 0 spiro atoms. The van der Waals surface area contributed by atoms with E-state index in [9.17, 15) is 0 Å². The lowest BCUT2D eigenvalue weighted by atomic mass is 9.84. The monoisotopic (exact) mass is 243 g/mol. The third kappa shape index (κ3) is 5.84. The van der Waals surface area contributed by atoms with Crippen molar-refractivity contribution in [2.75, 3.05) is 33.4 Å². The van der Waals surface area contributed by atoms with E-state index >= 15 is 0 Å². The van der Waals surface area contributed by atoms with Crippen LogP contribution in [0.25, 0.3) is 0 Å². The molecular weight excluding hydrogens is 214 g/mol. The molecule has 0 unspecified atom stereocenters. The lowest BCUT2D eigenvalue weighted by molar-refractivity contribution is -0.0726. The average molecular weight is 243 g/mol. The van der Waals surface area contributed by atoms with Gasteiger partial charge in [0.1, 0.15) is 0 Å². The van der Waals surface area contributed by atoms with Crippen LogP contribution in [0.15, 0.2) is 0 Å². The largest absolute Gasteiger partial charge is 0.385 e. The first kappa shape index (κ1) is 14.9. The minimum Gasteiger partial charge on any atom is -0.385 e. The first-order chi connectivity index (χ1) is 8.33. The lowest BCUT2D eigenvalue weighted by Gasteiger charge is -2.37. The number of hydrogen-bond acceptors (Lipinski definition) is 3. The molecule has 0 bridgehead atoms. The summed E-state index contributed by atoms with van der Waals surface area (Å²) >= 11 is 0. The number of ether oxygens (including phenoxy) is 2. The standard InChI is InChI=1S/C14H29NO2/c1-3-10-15-13-14(8-5-4-6-9-14)17-12-7-11-16-2/h15H,3-13H2,1-2H3. The van der Waals surface area contributed by atoms with Crippen molar-refractivity contribution in [3.63, 3.8) is 0 Å². The van der Waals surface area contributed by atoms with Gasteiger partial charge in [-0.05, 0) is 32.2 Å². The molecule has 17 heavy (non-hydrogen) atoms. The van der Waals surface area contributed by atoms with Gasteiger partial charge in [-0.25, -0.2) is 0 Å². The van der Waals surface area contributed by atoms with E-state index in [-0.39, 0.29) is 5.60 Å². The van der Waals surface area contributed by atoms with Gasteiger partial charge in [0.15, 0.2) is 0 Å². The van der Waals surface area contributed by atoms with Crippen molar-refractivity contribution in [3.05, 3.63) is 0 Å². The second kappa shape index (κ2) is 8.90. The molecular formula is C14H29NO2. The Morgan fingerprint density at radius 1 is 1.12 bits per heavy atom. The highest BCUT2D eigenvalue weighted by molar-refractivity contribution is 4.86. The van der Waals surface area contributed by atoms with E-state index < -0.39 is 0 Å². The van der Waals surface area contributed by atoms with Crippen LogP contribution in [0, 0.1) is 0 Å². The van der Waals surface area contributed by atoms with Gasteiger partial charge >= 0.3 is 0 Å². The van der Waals surface area contributed by atoms with Gasteiger partial charge in [0.2, 0.25) is 0 Å². The molecule has 1 aliphatic rings. The van der Waals surface area contributed by atoms with Gasteiger partial charge in [-0.2, -0.15) is 0 Å². The molecule has 1 saturated carbocycles. The third-order valence-corrected chi connectivity index (χ3v) is 3.54. The molecule has 0 saturated heterocycles. The first-order valence-electron chi connectivity index (χ1n) is 7.16. The van der Waals surface area contributed by atoms with Gasteiger partial charge in [0.25, 0.3) is 0 Å². The highest BCUT2D eigenvalue weighted by atomic mass is 16.5. The predicted molar refractivity (Wildman–Crippen MR) is 71.4 cm³/mol. The summed E-state index contributed by atoms with van der Waals surface area (Å²) in [7, 11) is 1.75. The molecule has 0 amide bonds. The van der Waals surface area contributed by atoms with Crippen molar-refractivity contribution in [3.8, 4) is 0 Å². The van der Waals surface area contributed by atoms with Crippen LogP contribution in [0.5, 0.6) is 0 Å². The van der Waals surface area contributed by atoms with E-state index in [1.54, 1.807) is 7.11 Å². The smallest absolute Gasteiger partial charge is 0.0806 e. The van der Waals surface area contributed by atoms with Crippen LogP contribution < -0.4 is 5.32 Å².